The predicted molar refractivity (Wildman–Crippen MR) is 90.0 cm³/mol. The van der Waals surface area contributed by atoms with E-state index in [2.05, 4.69) is 57.0 Å². The Morgan fingerprint density at radius 3 is 2.42 bits per heavy atom. The second-order valence-electron chi connectivity index (χ2n) is 4.80. The molecule has 0 spiro atoms. The summed E-state index contributed by atoms with van der Waals surface area (Å²) in [5, 5.41) is 0.839. The van der Waals surface area contributed by atoms with Crippen LogP contribution in [-0.2, 0) is 4.74 Å². The van der Waals surface area contributed by atoms with E-state index in [0.29, 0.717) is 0 Å². The van der Waals surface area contributed by atoms with Gasteiger partial charge >= 0.3 is 0 Å². The molecule has 1 aromatic carbocycles. The minimum Gasteiger partial charge on any atom is -0.373 e. The maximum absolute atomic E-state index is 5.99. The lowest BCUT2D eigenvalue weighted by molar-refractivity contribution is 0.0663. The molecule has 0 aliphatic carbocycles. The summed E-state index contributed by atoms with van der Waals surface area (Å²) >= 11 is 7.13. The molecule has 1 nitrogen and oxygen atoms in total. The first-order chi connectivity index (χ1) is 9.29. The topological polar surface area (TPSA) is 9.23 Å². The van der Waals surface area contributed by atoms with Crippen molar-refractivity contribution in [3.05, 3.63) is 34.3 Å². The third kappa shape index (κ3) is 6.92. The van der Waals surface area contributed by atoms with Crippen molar-refractivity contribution >= 4 is 31.9 Å². The van der Waals surface area contributed by atoms with Crippen LogP contribution in [-0.4, -0.2) is 11.9 Å². The standard InChI is InChI=1S/C16H24Br2O/c1-2-3-4-5-6-9-12-19-16(13-17)14-10-7-8-11-15(14)18/h7-8,10-11,16H,2-6,9,12-13H2,1H3. The largest absolute Gasteiger partial charge is 0.373 e. The molecule has 0 N–H and O–H groups in total. The molecule has 0 radical (unpaired) electrons. The van der Waals surface area contributed by atoms with Crippen molar-refractivity contribution in [1.82, 2.24) is 0 Å². The van der Waals surface area contributed by atoms with E-state index in [0.717, 1.165) is 22.8 Å². The molecule has 1 atom stereocenters. The van der Waals surface area contributed by atoms with Crippen LogP contribution in [0.15, 0.2) is 28.7 Å². The van der Waals surface area contributed by atoms with Gasteiger partial charge in [-0.1, -0.05) is 89.1 Å². The number of halogens is 2. The number of hydrogen-bond acceptors (Lipinski definition) is 1. The Morgan fingerprint density at radius 2 is 1.74 bits per heavy atom. The molecule has 0 saturated heterocycles. The smallest absolute Gasteiger partial charge is 0.0932 e. The Kier molecular flexibility index (Phi) is 9.84. The van der Waals surface area contributed by atoms with E-state index in [1.54, 1.807) is 0 Å². The number of alkyl halides is 1. The van der Waals surface area contributed by atoms with Gasteiger partial charge in [-0.2, -0.15) is 0 Å². The van der Waals surface area contributed by atoms with Crippen LogP contribution in [0.5, 0.6) is 0 Å². The summed E-state index contributed by atoms with van der Waals surface area (Å²) in [4.78, 5) is 0. The number of hydrogen-bond donors (Lipinski definition) is 0. The lowest BCUT2D eigenvalue weighted by Gasteiger charge is -2.17. The Hall–Kier alpha value is 0.140. The zero-order chi connectivity index (χ0) is 13.9. The van der Waals surface area contributed by atoms with E-state index < -0.39 is 0 Å². The molecule has 0 aliphatic heterocycles. The highest BCUT2D eigenvalue weighted by atomic mass is 79.9. The number of rotatable bonds is 10. The van der Waals surface area contributed by atoms with Crippen LogP contribution < -0.4 is 0 Å². The van der Waals surface area contributed by atoms with Crippen LogP contribution in [0.25, 0.3) is 0 Å². The van der Waals surface area contributed by atoms with Crippen LogP contribution >= 0.6 is 31.9 Å². The first-order valence-corrected chi connectivity index (χ1v) is 9.13. The second-order valence-corrected chi connectivity index (χ2v) is 6.30. The zero-order valence-corrected chi connectivity index (χ0v) is 14.9. The van der Waals surface area contributed by atoms with Crippen LogP contribution in [0.3, 0.4) is 0 Å². The molecular weight excluding hydrogens is 368 g/mol. The summed E-state index contributed by atoms with van der Waals surface area (Å²) in [5.74, 6) is 0. The summed E-state index contributed by atoms with van der Waals surface area (Å²) in [5.41, 5.74) is 1.23. The van der Waals surface area contributed by atoms with Crippen molar-refractivity contribution in [2.24, 2.45) is 0 Å². The summed E-state index contributed by atoms with van der Waals surface area (Å²) in [6.45, 7) is 3.10. The minimum atomic E-state index is 0.145. The molecule has 0 saturated carbocycles. The summed E-state index contributed by atoms with van der Waals surface area (Å²) < 4.78 is 7.12. The van der Waals surface area contributed by atoms with Crippen molar-refractivity contribution < 1.29 is 4.74 Å². The van der Waals surface area contributed by atoms with Gasteiger partial charge in [0.1, 0.15) is 0 Å². The van der Waals surface area contributed by atoms with Gasteiger partial charge in [-0.25, -0.2) is 0 Å². The maximum Gasteiger partial charge on any atom is 0.0932 e. The fourth-order valence-corrected chi connectivity index (χ4v) is 3.14. The highest BCUT2D eigenvalue weighted by Gasteiger charge is 2.12. The molecule has 0 fully saturated rings. The number of ether oxygens (including phenoxy) is 1. The molecule has 1 aromatic rings. The van der Waals surface area contributed by atoms with Crippen molar-refractivity contribution in [3.63, 3.8) is 0 Å². The van der Waals surface area contributed by atoms with Crippen LogP contribution in [0, 0.1) is 0 Å². The molecule has 0 heterocycles. The normalized spacial score (nSPS) is 12.6. The Balaban J connectivity index is 2.24. The third-order valence-electron chi connectivity index (χ3n) is 3.21. The first-order valence-electron chi connectivity index (χ1n) is 7.21. The van der Waals surface area contributed by atoms with Gasteiger partial charge in [0.25, 0.3) is 0 Å². The average molecular weight is 392 g/mol. The SMILES string of the molecule is CCCCCCCCOC(CBr)c1ccccc1Br. The summed E-state index contributed by atoms with van der Waals surface area (Å²) in [6, 6.07) is 8.28. The van der Waals surface area contributed by atoms with E-state index in [1.165, 1.54) is 37.7 Å². The average Bonchev–Trinajstić information content (AvgIpc) is 2.43. The molecule has 108 valence electrons. The molecule has 3 heteroatoms. The lowest BCUT2D eigenvalue weighted by atomic mass is 10.1. The molecule has 0 aromatic heterocycles. The van der Waals surface area contributed by atoms with Crippen molar-refractivity contribution in [3.8, 4) is 0 Å². The van der Waals surface area contributed by atoms with Gasteiger partial charge in [0.15, 0.2) is 0 Å². The Bertz CT molecular complexity index is 341. The first kappa shape index (κ1) is 17.2. The summed E-state index contributed by atoms with van der Waals surface area (Å²) in [7, 11) is 0. The van der Waals surface area contributed by atoms with Crippen molar-refractivity contribution in [2.45, 2.75) is 51.6 Å². The second kappa shape index (κ2) is 10.9. The summed E-state index contributed by atoms with van der Waals surface area (Å²) in [6.07, 6.45) is 7.97. The molecule has 1 unspecified atom stereocenters. The number of benzene rings is 1. The van der Waals surface area contributed by atoms with Crippen molar-refractivity contribution in [1.29, 1.82) is 0 Å². The van der Waals surface area contributed by atoms with Gasteiger partial charge in [-0.15, -0.1) is 0 Å². The van der Waals surface area contributed by atoms with E-state index in [-0.39, 0.29) is 6.10 Å². The van der Waals surface area contributed by atoms with Crippen molar-refractivity contribution in [2.75, 3.05) is 11.9 Å². The predicted octanol–water partition coefficient (Wildman–Crippen LogP) is 6.26. The number of unbranched alkanes of at least 4 members (excludes halogenated alkanes) is 5. The van der Waals surface area contributed by atoms with E-state index in [4.69, 9.17) is 4.74 Å². The highest BCUT2D eigenvalue weighted by molar-refractivity contribution is 9.10. The van der Waals surface area contributed by atoms with Gasteiger partial charge in [0.2, 0.25) is 0 Å². The zero-order valence-electron chi connectivity index (χ0n) is 11.7. The maximum atomic E-state index is 5.99. The third-order valence-corrected chi connectivity index (χ3v) is 4.52. The molecule has 0 aliphatic rings. The molecular formula is C16H24Br2O. The van der Waals surface area contributed by atoms with Gasteiger partial charge in [-0.3, -0.25) is 0 Å². The fraction of sp³-hybridized carbons (Fsp3) is 0.625. The van der Waals surface area contributed by atoms with Crippen LogP contribution in [0.1, 0.15) is 57.1 Å². The Labute approximate surface area is 134 Å². The van der Waals surface area contributed by atoms with E-state index >= 15 is 0 Å². The van der Waals surface area contributed by atoms with E-state index in [9.17, 15) is 0 Å². The van der Waals surface area contributed by atoms with Gasteiger partial charge in [0.05, 0.1) is 6.10 Å². The highest BCUT2D eigenvalue weighted by Crippen LogP contribution is 2.27. The quantitative estimate of drug-likeness (QED) is 0.337. The van der Waals surface area contributed by atoms with Crippen LogP contribution in [0.2, 0.25) is 0 Å². The minimum absolute atomic E-state index is 0.145. The van der Waals surface area contributed by atoms with Gasteiger partial charge in [-0.05, 0) is 18.1 Å². The molecule has 0 amide bonds. The monoisotopic (exact) mass is 390 g/mol. The molecule has 0 bridgehead atoms. The van der Waals surface area contributed by atoms with E-state index in [1.807, 2.05) is 6.07 Å². The van der Waals surface area contributed by atoms with Gasteiger partial charge < -0.3 is 4.74 Å². The fourth-order valence-electron chi connectivity index (χ4n) is 2.06. The van der Waals surface area contributed by atoms with Crippen LogP contribution in [0.4, 0.5) is 0 Å². The lowest BCUT2D eigenvalue weighted by Crippen LogP contribution is -2.07. The van der Waals surface area contributed by atoms with Gasteiger partial charge in [0, 0.05) is 16.4 Å². The Morgan fingerprint density at radius 1 is 1.05 bits per heavy atom. The molecule has 19 heavy (non-hydrogen) atoms. The molecule has 1 rings (SSSR count).